The highest BCUT2D eigenvalue weighted by molar-refractivity contribution is 5.88. The summed E-state index contributed by atoms with van der Waals surface area (Å²) in [6, 6.07) is 20.2. The van der Waals surface area contributed by atoms with Gasteiger partial charge in [-0.2, -0.15) is 0 Å². The van der Waals surface area contributed by atoms with E-state index in [1.807, 2.05) is 55.6 Å². The molecular weight excluding hydrogens is 401 g/mol. The first-order valence-corrected chi connectivity index (χ1v) is 10.3. The minimum Gasteiger partial charge on any atom is -0.379 e. The van der Waals surface area contributed by atoms with Gasteiger partial charge >= 0.3 is 0 Å². The Kier molecular flexibility index (Phi) is 5.25. The molecule has 3 heterocycles. The number of hydrogen-bond donors (Lipinski definition) is 1. The summed E-state index contributed by atoms with van der Waals surface area (Å²) in [5.41, 5.74) is 7.73. The predicted molar refractivity (Wildman–Crippen MR) is 124 cm³/mol. The average Bonchev–Trinajstić information content (AvgIpc) is 2.82. The van der Waals surface area contributed by atoms with Crippen LogP contribution in [0.1, 0.15) is 11.3 Å². The second-order valence-electron chi connectivity index (χ2n) is 7.53. The van der Waals surface area contributed by atoms with Gasteiger partial charge in [0.05, 0.1) is 28.8 Å². The molecule has 6 heteroatoms. The molecule has 3 aromatic heterocycles. The van der Waals surface area contributed by atoms with Crippen LogP contribution >= 0.6 is 0 Å². The van der Waals surface area contributed by atoms with Crippen molar-refractivity contribution in [2.45, 2.75) is 13.5 Å². The molecule has 0 saturated carbocycles. The largest absolute Gasteiger partial charge is 0.379 e. The normalized spacial score (nSPS) is 10.9. The molecule has 0 atom stereocenters. The Morgan fingerprint density at radius 2 is 1.69 bits per heavy atom. The highest BCUT2D eigenvalue weighted by atomic mass is 19.1. The van der Waals surface area contributed by atoms with E-state index in [0.717, 1.165) is 39.2 Å². The topological polar surface area (TPSA) is 63.6 Å². The number of para-hydroxylation sites is 1. The molecule has 0 radical (unpaired) electrons. The lowest BCUT2D eigenvalue weighted by Gasteiger charge is -2.10. The number of aryl methyl sites for hydroxylation is 1. The maximum absolute atomic E-state index is 13.6. The summed E-state index contributed by atoms with van der Waals surface area (Å²) in [4.78, 5) is 18.1. The van der Waals surface area contributed by atoms with E-state index in [1.54, 1.807) is 18.5 Å². The maximum Gasteiger partial charge on any atom is 0.123 e. The molecule has 5 nitrogen and oxygen atoms in total. The first kappa shape index (κ1) is 19.8. The van der Waals surface area contributed by atoms with Crippen LogP contribution in [-0.4, -0.2) is 19.9 Å². The van der Waals surface area contributed by atoms with Gasteiger partial charge in [0, 0.05) is 35.8 Å². The van der Waals surface area contributed by atoms with E-state index >= 15 is 0 Å². The lowest BCUT2D eigenvalue weighted by Crippen LogP contribution is -2.02. The molecule has 0 fully saturated rings. The van der Waals surface area contributed by atoms with Crippen LogP contribution in [0.15, 0.2) is 85.3 Å². The van der Waals surface area contributed by atoms with Crippen LogP contribution in [0.2, 0.25) is 0 Å². The summed E-state index contributed by atoms with van der Waals surface area (Å²) in [7, 11) is 0. The SMILES string of the molecule is Cc1cc(-c2ccc(CNc3cccc4nc(-c5cccc(F)c5)cnc34)cn2)ccn1. The summed E-state index contributed by atoms with van der Waals surface area (Å²) in [5.74, 6) is -0.293. The van der Waals surface area contributed by atoms with Crippen molar-refractivity contribution in [2.24, 2.45) is 0 Å². The van der Waals surface area contributed by atoms with Crippen molar-refractivity contribution in [3.63, 3.8) is 0 Å². The highest BCUT2D eigenvalue weighted by Crippen LogP contribution is 2.25. The van der Waals surface area contributed by atoms with Crippen LogP contribution in [0.3, 0.4) is 0 Å². The Morgan fingerprint density at radius 1 is 0.812 bits per heavy atom. The Hall–Kier alpha value is -4.19. The molecule has 0 amide bonds. The quantitative estimate of drug-likeness (QED) is 0.388. The van der Waals surface area contributed by atoms with E-state index in [-0.39, 0.29) is 5.82 Å². The molecule has 5 aromatic rings. The molecule has 156 valence electrons. The number of aromatic nitrogens is 4. The Bertz CT molecular complexity index is 1400. The third-order valence-corrected chi connectivity index (χ3v) is 5.19. The van der Waals surface area contributed by atoms with Crippen molar-refractivity contribution >= 4 is 16.7 Å². The number of hydrogen-bond acceptors (Lipinski definition) is 5. The highest BCUT2D eigenvalue weighted by Gasteiger charge is 2.08. The molecule has 0 aliphatic heterocycles. The lowest BCUT2D eigenvalue weighted by molar-refractivity contribution is 0.628. The molecule has 0 spiro atoms. The average molecular weight is 421 g/mol. The fraction of sp³-hybridized carbons (Fsp3) is 0.0769. The van der Waals surface area contributed by atoms with Gasteiger partial charge in [0.25, 0.3) is 0 Å². The number of rotatable bonds is 5. The zero-order valence-corrected chi connectivity index (χ0v) is 17.5. The number of fused-ring (bicyclic) bond motifs is 1. The van der Waals surface area contributed by atoms with Gasteiger partial charge in [-0.15, -0.1) is 0 Å². The standard InChI is InChI=1S/C26H20FN5/c1-17-12-20(10-11-28-17)22-9-8-18(14-29-22)15-30-23-6-3-7-24-26(23)31-16-25(32-24)19-4-2-5-21(27)13-19/h2-14,16,30H,15H2,1H3. The fourth-order valence-electron chi connectivity index (χ4n) is 3.57. The Labute approximate surface area is 185 Å². The molecule has 2 aromatic carbocycles. The van der Waals surface area contributed by atoms with E-state index in [0.29, 0.717) is 17.8 Å². The van der Waals surface area contributed by atoms with Crippen LogP contribution in [0.5, 0.6) is 0 Å². The first-order valence-electron chi connectivity index (χ1n) is 10.3. The minimum absolute atomic E-state index is 0.293. The molecule has 5 rings (SSSR count). The van der Waals surface area contributed by atoms with E-state index in [9.17, 15) is 4.39 Å². The van der Waals surface area contributed by atoms with Crippen molar-refractivity contribution in [3.8, 4) is 22.5 Å². The summed E-state index contributed by atoms with van der Waals surface area (Å²) < 4.78 is 13.6. The number of anilines is 1. The van der Waals surface area contributed by atoms with E-state index in [1.165, 1.54) is 12.1 Å². The van der Waals surface area contributed by atoms with Crippen molar-refractivity contribution < 1.29 is 4.39 Å². The maximum atomic E-state index is 13.6. The van der Waals surface area contributed by atoms with Crippen molar-refractivity contribution in [1.29, 1.82) is 0 Å². The van der Waals surface area contributed by atoms with Crippen LogP contribution in [0.25, 0.3) is 33.5 Å². The number of nitrogens with one attached hydrogen (secondary N) is 1. The summed E-state index contributed by atoms with van der Waals surface area (Å²) >= 11 is 0. The molecule has 1 N–H and O–H groups in total. The fourth-order valence-corrected chi connectivity index (χ4v) is 3.57. The zero-order chi connectivity index (χ0) is 21.9. The third kappa shape index (κ3) is 4.16. The summed E-state index contributed by atoms with van der Waals surface area (Å²) in [5, 5.41) is 3.43. The van der Waals surface area contributed by atoms with Gasteiger partial charge in [0.1, 0.15) is 11.3 Å². The predicted octanol–water partition coefficient (Wildman–Crippen LogP) is 5.81. The summed E-state index contributed by atoms with van der Waals surface area (Å²) in [6.07, 6.45) is 5.34. The Morgan fingerprint density at radius 3 is 2.50 bits per heavy atom. The van der Waals surface area contributed by atoms with Gasteiger partial charge < -0.3 is 5.32 Å². The number of nitrogens with zero attached hydrogens (tertiary/aromatic N) is 4. The zero-order valence-electron chi connectivity index (χ0n) is 17.5. The van der Waals surface area contributed by atoms with Crippen molar-refractivity contribution in [1.82, 2.24) is 19.9 Å². The summed E-state index contributed by atoms with van der Waals surface area (Å²) in [6.45, 7) is 2.57. The monoisotopic (exact) mass is 421 g/mol. The van der Waals surface area contributed by atoms with Crippen LogP contribution < -0.4 is 5.32 Å². The number of halogens is 1. The molecule has 0 aliphatic carbocycles. The lowest BCUT2D eigenvalue weighted by atomic mass is 10.1. The molecular formula is C26H20FN5. The molecule has 0 saturated heterocycles. The van der Waals surface area contributed by atoms with E-state index in [4.69, 9.17) is 0 Å². The second kappa shape index (κ2) is 8.51. The van der Waals surface area contributed by atoms with Crippen LogP contribution in [0.4, 0.5) is 10.1 Å². The number of benzene rings is 2. The Balaban J connectivity index is 1.35. The molecule has 0 aliphatic rings. The van der Waals surface area contributed by atoms with Gasteiger partial charge in [-0.3, -0.25) is 15.0 Å². The van der Waals surface area contributed by atoms with Gasteiger partial charge in [-0.1, -0.05) is 24.3 Å². The van der Waals surface area contributed by atoms with Gasteiger partial charge in [-0.05, 0) is 55.0 Å². The van der Waals surface area contributed by atoms with Crippen molar-refractivity contribution in [2.75, 3.05) is 5.32 Å². The first-order chi connectivity index (χ1) is 15.7. The second-order valence-corrected chi connectivity index (χ2v) is 7.53. The van der Waals surface area contributed by atoms with Gasteiger partial charge in [-0.25, -0.2) is 9.37 Å². The van der Waals surface area contributed by atoms with Gasteiger partial charge in [0.15, 0.2) is 0 Å². The van der Waals surface area contributed by atoms with E-state index < -0.39 is 0 Å². The number of pyridine rings is 2. The smallest absolute Gasteiger partial charge is 0.123 e. The third-order valence-electron chi connectivity index (χ3n) is 5.19. The van der Waals surface area contributed by atoms with E-state index in [2.05, 4.69) is 31.3 Å². The van der Waals surface area contributed by atoms with Crippen LogP contribution in [0, 0.1) is 12.7 Å². The molecule has 0 unspecified atom stereocenters. The van der Waals surface area contributed by atoms with Crippen molar-refractivity contribution in [3.05, 3.63) is 102 Å². The molecule has 0 bridgehead atoms. The minimum atomic E-state index is -0.293. The molecule has 32 heavy (non-hydrogen) atoms. The van der Waals surface area contributed by atoms with Crippen LogP contribution in [-0.2, 0) is 6.54 Å². The van der Waals surface area contributed by atoms with Gasteiger partial charge in [0.2, 0.25) is 0 Å².